The number of nitrogens with two attached hydrogens (primary N) is 1. The number of benzene rings is 1. The van der Waals surface area contributed by atoms with Gasteiger partial charge in [0.05, 0.1) is 10.6 Å². The summed E-state index contributed by atoms with van der Waals surface area (Å²) in [4.78, 5) is 10.7. The van der Waals surface area contributed by atoms with Crippen LogP contribution in [0.1, 0.15) is 22.5 Å². The van der Waals surface area contributed by atoms with Gasteiger partial charge in [0.1, 0.15) is 0 Å². The first-order valence-electron chi connectivity index (χ1n) is 6.99. The summed E-state index contributed by atoms with van der Waals surface area (Å²) in [5, 5.41) is 15.5. The lowest BCUT2D eigenvalue weighted by molar-refractivity contribution is -0.385. The average Bonchev–Trinajstić information content (AvgIpc) is 2.73. The molecule has 1 heterocycles. The highest BCUT2D eigenvalue weighted by Crippen LogP contribution is 2.20. The van der Waals surface area contributed by atoms with E-state index in [1.165, 1.54) is 11.6 Å². The van der Waals surface area contributed by atoms with Crippen LogP contribution in [-0.2, 0) is 19.4 Å². The summed E-state index contributed by atoms with van der Waals surface area (Å²) in [6.45, 7) is 5.21. The minimum absolute atomic E-state index is 0.168. The van der Waals surface area contributed by atoms with E-state index >= 15 is 0 Å². The van der Waals surface area contributed by atoms with Gasteiger partial charge in [-0.2, -0.15) is 5.10 Å². The molecule has 2 aromatic rings. The molecule has 6 nitrogen and oxygen atoms in total. The largest absolute Gasteiger partial charge is 0.330 e. The van der Waals surface area contributed by atoms with Gasteiger partial charge in [0.25, 0.3) is 5.69 Å². The van der Waals surface area contributed by atoms with E-state index in [0.717, 1.165) is 23.4 Å². The van der Waals surface area contributed by atoms with Crippen molar-refractivity contribution in [2.75, 3.05) is 6.54 Å². The third-order valence-electron chi connectivity index (χ3n) is 3.71. The summed E-state index contributed by atoms with van der Waals surface area (Å²) >= 11 is 0. The molecule has 0 aliphatic carbocycles. The summed E-state index contributed by atoms with van der Waals surface area (Å²) in [7, 11) is 0. The highest BCUT2D eigenvalue weighted by molar-refractivity contribution is 5.39. The molecule has 0 fully saturated rings. The van der Waals surface area contributed by atoms with Gasteiger partial charge < -0.3 is 5.73 Å². The number of aromatic nitrogens is 2. The van der Waals surface area contributed by atoms with Crippen molar-refractivity contribution >= 4 is 5.69 Å². The number of nitro groups is 1. The maximum absolute atomic E-state index is 11.0. The second-order valence-electron chi connectivity index (χ2n) is 5.05. The Hall–Kier alpha value is -2.21. The van der Waals surface area contributed by atoms with E-state index in [1.54, 1.807) is 12.1 Å². The van der Waals surface area contributed by atoms with Crippen LogP contribution < -0.4 is 5.73 Å². The second-order valence-corrected chi connectivity index (χ2v) is 5.05. The SMILES string of the molecule is Cc1nn(CCc2ccccc2[N+](=O)[O-])c(C)c1CCN. The van der Waals surface area contributed by atoms with Crippen LogP contribution in [0.5, 0.6) is 0 Å². The van der Waals surface area contributed by atoms with Gasteiger partial charge in [-0.25, -0.2) is 0 Å². The van der Waals surface area contributed by atoms with Gasteiger partial charge in [-0.3, -0.25) is 14.8 Å². The lowest BCUT2D eigenvalue weighted by Gasteiger charge is -2.06. The molecule has 0 saturated heterocycles. The molecule has 0 spiro atoms. The van der Waals surface area contributed by atoms with Crippen molar-refractivity contribution in [1.29, 1.82) is 0 Å². The smallest absolute Gasteiger partial charge is 0.272 e. The number of nitro benzene ring substituents is 1. The number of nitrogens with zero attached hydrogens (tertiary/aromatic N) is 3. The molecular formula is C15H20N4O2. The zero-order chi connectivity index (χ0) is 15.4. The molecule has 6 heteroatoms. The van der Waals surface area contributed by atoms with Crippen molar-refractivity contribution in [3.63, 3.8) is 0 Å². The van der Waals surface area contributed by atoms with Crippen molar-refractivity contribution in [1.82, 2.24) is 9.78 Å². The molecule has 2 rings (SSSR count). The van der Waals surface area contributed by atoms with E-state index in [0.29, 0.717) is 19.5 Å². The van der Waals surface area contributed by atoms with Gasteiger partial charge in [0, 0.05) is 23.9 Å². The standard InChI is InChI=1S/C15H20N4O2/c1-11-14(7-9-16)12(2)18(17-11)10-8-13-5-3-4-6-15(13)19(20)21/h3-6H,7-10,16H2,1-2H3. The molecule has 0 bridgehead atoms. The summed E-state index contributed by atoms with van der Waals surface area (Å²) in [6, 6.07) is 6.84. The molecule has 0 unspecified atom stereocenters. The van der Waals surface area contributed by atoms with E-state index in [4.69, 9.17) is 5.73 Å². The quantitative estimate of drug-likeness (QED) is 0.651. The van der Waals surface area contributed by atoms with Gasteiger partial charge in [0.2, 0.25) is 0 Å². The lowest BCUT2D eigenvalue weighted by Crippen LogP contribution is -2.08. The van der Waals surface area contributed by atoms with E-state index in [9.17, 15) is 10.1 Å². The monoisotopic (exact) mass is 288 g/mol. The molecule has 21 heavy (non-hydrogen) atoms. The van der Waals surface area contributed by atoms with Crippen LogP contribution in [0.25, 0.3) is 0 Å². The molecule has 0 aliphatic heterocycles. The fourth-order valence-electron chi connectivity index (χ4n) is 2.58. The summed E-state index contributed by atoms with van der Waals surface area (Å²) in [5.41, 5.74) is 9.77. The third kappa shape index (κ3) is 3.28. The first kappa shape index (κ1) is 15.2. The van der Waals surface area contributed by atoms with Gasteiger partial charge in [-0.15, -0.1) is 0 Å². The number of hydrogen-bond acceptors (Lipinski definition) is 4. The van der Waals surface area contributed by atoms with Crippen LogP contribution in [0.15, 0.2) is 24.3 Å². The zero-order valence-electron chi connectivity index (χ0n) is 12.4. The molecule has 112 valence electrons. The number of rotatable bonds is 6. The van der Waals surface area contributed by atoms with Crippen LogP contribution in [0.2, 0.25) is 0 Å². The van der Waals surface area contributed by atoms with E-state index < -0.39 is 0 Å². The summed E-state index contributed by atoms with van der Waals surface area (Å²) in [5.74, 6) is 0. The first-order chi connectivity index (χ1) is 10.0. The molecule has 2 N–H and O–H groups in total. The van der Waals surface area contributed by atoms with E-state index in [2.05, 4.69) is 5.10 Å². The number of hydrogen-bond donors (Lipinski definition) is 1. The van der Waals surface area contributed by atoms with Gasteiger partial charge in [-0.05, 0) is 38.8 Å². The van der Waals surface area contributed by atoms with Gasteiger partial charge >= 0.3 is 0 Å². The van der Waals surface area contributed by atoms with Crippen LogP contribution in [0.4, 0.5) is 5.69 Å². The van der Waals surface area contributed by atoms with Gasteiger partial charge in [0.15, 0.2) is 0 Å². The normalized spacial score (nSPS) is 10.8. The van der Waals surface area contributed by atoms with Crippen LogP contribution in [0, 0.1) is 24.0 Å². The molecule has 0 aliphatic rings. The topological polar surface area (TPSA) is 87.0 Å². The van der Waals surface area contributed by atoms with Crippen molar-refractivity contribution in [3.05, 3.63) is 56.9 Å². The fraction of sp³-hybridized carbons (Fsp3) is 0.400. The Morgan fingerprint density at radius 1 is 1.29 bits per heavy atom. The number of para-hydroxylation sites is 1. The third-order valence-corrected chi connectivity index (χ3v) is 3.71. The lowest BCUT2D eigenvalue weighted by atomic mass is 10.1. The maximum atomic E-state index is 11.0. The minimum Gasteiger partial charge on any atom is -0.330 e. The predicted octanol–water partition coefficient (Wildman–Crippen LogP) is 2.15. The van der Waals surface area contributed by atoms with Crippen molar-refractivity contribution < 1.29 is 4.92 Å². The molecular weight excluding hydrogens is 268 g/mol. The molecule has 1 aromatic heterocycles. The number of aryl methyl sites for hydroxylation is 3. The van der Waals surface area contributed by atoms with E-state index in [-0.39, 0.29) is 10.6 Å². The zero-order valence-corrected chi connectivity index (χ0v) is 12.4. The van der Waals surface area contributed by atoms with Crippen molar-refractivity contribution in [2.45, 2.75) is 33.2 Å². The van der Waals surface area contributed by atoms with Gasteiger partial charge in [-0.1, -0.05) is 18.2 Å². The molecule has 1 aromatic carbocycles. The Labute approximate surface area is 123 Å². The highest BCUT2D eigenvalue weighted by atomic mass is 16.6. The highest BCUT2D eigenvalue weighted by Gasteiger charge is 2.14. The Morgan fingerprint density at radius 2 is 2.00 bits per heavy atom. The minimum atomic E-state index is -0.337. The molecule has 0 amide bonds. The summed E-state index contributed by atoms with van der Waals surface area (Å²) < 4.78 is 1.91. The molecule has 0 radical (unpaired) electrons. The van der Waals surface area contributed by atoms with Crippen LogP contribution in [-0.4, -0.2) is 21.2 Å². The molecule has 0 saturated carbocycles. The van der Waals surface area contributed by atoms with Crippen LogP contribution in [0.3, 0.4) is 0 Å². The average molecular weight is 288 g/mol. The summed E-state index contributed by atoms with van der Waals surface area (Å²) in [6.07, 6.45) is 1.39. The van der Waals surface area contributed by atoms with E-state index in [1.807, 2.05) is 24.6 Å². The Kier molecular flexibility index (Phi) is 4.70. The Bertz CT molecular complexity index is 649. The molecule has 0 atom stereocenters. The fourth-order valence-corrected chi connectivity index (χ4v) is 2.58. The van der Waals surface area contributed by atoms with Crippen LogP contribution >= 0.6 is 0 Å². The Balaban J connectivity index is 2.18. The maximum Gasteiger partial charge on any atom is 0.272 e. The van der Waals surface area contributed by atoms with Crippen molar-refractivity contribution in [3.8, 4) is 0 Å². The Morgan fingerprint density at radius 3 is 2.67 bits per heavy atom. The first-order valence-corrected chi connectivity index (χ1v) is 6.99. The van der Waals surface area contributed by atoms with Crippen molar-refractivity contribution in [2.24, 2.45) is 5.73 Å². The predicted molar refractivity (Wildman–Crippen MR) is 81.3 cm³/mol. The second kappa shape index (κ2) is 6.49.